The van der Waals surface area contributed by atoms with Crippen molar-refractivity contribution in [3.63, 3.8) is 0 Å². The molecule has 1 aliphatic rings. The molecule has 9 aromatic carbocycles. The Morgan fingerprint density at radius 3 is 1.77 bits per heavy atom. The average molecular weight is 828 g/mol. The Balaban J connectivity index is 1.21. The van der Waals surface area contributed by atoms with Crippen molar-refractivity contribution in [2.45, 2.75) is 64.7 Å². The smallest absolute Gasteiger partial charge is 0.135 e. The molecule has 2 heteroatoms. The number of hydrogen-bond acceptors (Lipinski definition) is 2. The zero-order valence-corrected chi connectivity index (χ0v) is 37.8. The van der Waals surface area contributed by atoms with Crippen molar-refractivity contribution in [3.05, 3.63) is 222 Å². The highest BCUT2D eigenvalue weighted by molar-refractivity contribution is 6.11. The largest absolute Gasteiger partial charge is 0.456 e. The summed E-state index contributed by atoms with van der Waals surface area (Å²) in [7, 11) is 0. The topological polar surface area (TPSA) is 16.4 Å². The first-order chi connectivity index (χ1) is 30.9. The van der Waals surface area contributed by atoms with E-state index in [2.05, 4.69) is 241 Å². The van der Waals surface area contributed by atoms with E-state index in [-0.39, 0.29) is 16.2 Å². The zero-order chi connectivity index (χ0) is 44.0. The zero-order valence-electron chi connectivity index (χ0n) is 37.8. The van der Waals surface area contributed by atoms with E-state index in [0.717, 1.165) is 44.6 Å². The van der Waals surface area contributed by atoms with Crippen LogP contribution in [0.4, 0.5) is 17.1 Å². The molecule has 0 aliphatic heterocycles. The van der Waals surface area contributed by atoms with Crippen LogP contribution in [0.5, 0.6) is 0 Å². The standard InChI is InChI=1S/C62H53NO/c1-60(2,3)43-36-41(37-44(38-43)61(4,5)6)46-27-17-20-40-21-18-28-49(58(40)46)47-24-12-15-31-54(47)63(45-34-35-57-51(39-45)48-25-13-16-33-56(48)64-57)55-32-19-30-53-59(55)50-26-11-14-29-52(50)62(53,7)42-22-9-8-10-23-42/h8-39H,1-7H3. The molecule has 10 aromatic rings. The molecule has 1 atom stereocenters. The predicted octanol–water partition coefficient (Wildman–Crippen LogP) is 17.5. The molecule has 1 heterocycles. The number of nitrogens with zero attached hydrogens (tertiary/aromatic N) is 1. The van der Waals surface area contributed by atoms with Gasteiger partial charge in [0.1, 0.15) is 11.2 Å². The van der Waals surface area contributed by atoms with E-state index in [1.54, 1.807) is 0 Å². The maximum atomic E-state index is 6.43. The summed E-state index contributed by atoms with van der Waals surface area (Å²) in [5.41, 5.74) is 18.7. The van der Waals surface area contributed by atoms with Crippen molar-refractivity contribution < 1.29 is 4.42 Å². The first kappa shape index (κ1) is 39.7. The van der Waals surface area contributed by atoms with Crippen LogP contribution >= 0.6 is 0 Å². The molecule has 0 N–H and O–H groups in total. The van der Waals surface area contributed by atoms with Gasteiger partial charge < -0.3 is 9.32 Å². The van der Waals surface area contributed by atoms with Crippen molar-refractivity contribution in [1.82, 2.24) is 0 Å². The molecule has 11 rings (SSSR count). The maximum absolute atomic E-state index is 6.43. The van der Waals surface area contributed by atoms with Crippen LogP contribution in [0.2, 0.25) is 0 Å². The van der Waals surface area contributed by atoms with Gasteiger partial charge in [-0.15, -0.1) is 0 Å². The van der Waals surface area contributed by atoms with Crippen molar-refractivity contribution >= 4 is 49.8 Å². The lowest BCUT2D eigenvalue weighted by molar-refractivity contribution is 0.569. The summed E-state index contributed by atoms with van der Waals surface area (Å²) in [6, 6.07) is 72.0. The van der Waals surface area contributed by atoms with E-state index in [4.69, 9.17) is 4.42 Å². The summed E-state index contributed by atoms with van der Waals surface area (Å²) in [5, 5.41) is 4.67. The van der Waals surface area contributed by atoms with E-state index in [9.17, 15) is 0 Å². The summed E-state index contributed by atoms with van der Waals surface area (Å²) < 4.78 is 6.43. The second kappa shape index (κ2) is 14.7. The Hall–Kier alpha value is -7.16. The number of fused-ring (bicyclic) bond motifs is 7. The van der Waals surface area contributed by atoms with Crippen LogP contribution in [0.25, 0.3) is 66.1 Å². The molecule has 0 fully saturated rings. The molecule has 64 heavy (non-hydrogen) atoms. The summed E-state index contributed by atoms with van der Waals surface area (Å²) in [6.45, 7) is 16.3. The van der Waals surface area contributed by atoms with E-state index < -0.39 is 0 Å². The Labute approximate surface area is 377 Å². The number of rotatable bonds is 6. The molecule has 0 saturated carbocycles. The molecular formula is C62H53NO. The lowest BCUT2D eigenvalue weighted by Crippen LogP contribution is -2.22. The Bertz CT molecular complexity index is 3390. The van der Waals surface area contributed by atoms with E-state index in [0.29, 0.717) is 0 Å². The minimum Gasteiger partial charge on any atom is -0.456 e. The van der Waals surface area contributed by atoms with Gasteiger partial charge in [-0.25, -0.2) is 0 Å². The van der Waals surface area contributed by atoms with Gasteiger partial charge in [0, 0.05) is 33.0 Å². The fraction of sp³-hybridized carbons (Fsp3) is 0.161. The summed E-state index contributed by atoms with van der Waals surface area (Å²) in [5.74, 6) is 0. The number of anilines is 3. The van der Waals surface area contributed by atoms with Gasteiger partial charge in [0.2, 0.25) is 0 Å². The van der Waals surface area contributed by atoms with Crippen LogP contribution in [-0.2, 0) is 16.2 Å². The van der Waals surface area contributed by atoms with Gasteiger partial charge in [0.15, 0.2) is 0 Å². The van der Waals surface area contributed by atoms with Crippen molar-refractivity contribution in [2.75, 3.05) is 4.90 Å². The van der Waals surface area contributed by atoms with Gasteiger partial charge >= 0.3 is 0 Å². The van der Waals surface area contributed by atoms with Gasteiger partial charge in [-0.2, -0.15) is 0 Å². The number of benzene rings is 9. The summed E-state index contributed by atoms with van der Waals surface area (Å²) in [6.07, 6.45) is 0. The van der Waals surface area contributed by atoms with Crippen LogP contribution in [0, 0.1) is 0 Å². The van der Waals surface area contributed by atoms with Gasteiger partial charge in [-0.1, -0.05) is 199 Å². The number of para-hydroxylation sites is 2. The van der Waals surface area contributed by atoms with E-state index >= 15 is 0 Å². The molecule has 0 radical (unpaired) electrons. The maximum Gasteiger partial charge on any atom is 0.135 e. The van der Waals surface area contributed by atoms with Crippen molar-refractivity contribution in [1.29, 1.82) is 0 Å². The van der Waals surface area contributed by atoms with Gasteiger partial charge in [0.05, 0.1) is 11.4 Å². The third-order valence-electron chi connectivity index (χ3n) is 13.8. The van der Waals surface area contributed by atoms with Crippen molar-refractivity contribution in [2.24, 2.45) is 0 Å². The second-order valence-corrected chi connectivity index (χ2v) is 19.9. The van der Waals surface area contributed by atoms with Crippen molar-refractivity contribution in [3.8, 4) is 33.4 Å². The normalized spacial score (nSPS) is 14.9. The number of furan rings is 1. The average Bonchev–Trinajstić information content (AvgIpc) is 3.81. The third-order valence-corrected chi connectivity index (χ3v) is 13.8. The van der Waals surface area contributed by atoms with Crippen LogP contribution in [-0.4, -0.2) is 0 Å². The minimum absolute atomic E-state index is 0.0108. The van der Waals surface area contributed by atoms with Crippen LogP contribution in [0.1, 0.15) is 76.3 Å². The molecule has 1 aliphatic carbocycles. The fourth-order valence-electron chi connectivity index (χ4n) is 10.4. The lowest BCUT2D eigenvalue weighted by Gasteiger charge is -2.32. The molecule has 1 unspecified atom stereocenters. The second-order valence-electron chi connectivity index (χ2n) is 19.9. The predicted molar refractivity (Wildman–Crippen MR) is 272 cm³/mol. The molecule has 2 nitrogen and oxygen atoms in total. The van der Waals surface area contributed by atoms with E-state index in [1.165, 1.54) is 66.4 Å². The summed E-state index contributed by atoms with van der Waals surface area (Å²) in [4.78, 5) is 2.52. The number of hydrogen-bond donors (Lipinski definition) is 0. The van der Waals surface area contributed by atoms with Gasteiger partial charge in [-0.3, -0.25) is 0 Å². The minimum atomic E-state index is -0.350. The fourth-order valence-corrected chi connectivity index (χ4v) is 10.4. The molecule has 0 spiro atoms. The Morgan fingerprint density at radius 2 is 1.02 bits per heavy atom. The molecule has 0 saturated heterocycles. The highest BCUT2D eigenvalue weighted by atomic mass is 16.3. The lowest BCUT2D eigenvalue weighted by atomic mass is 9.74. The highest BCUT2D eigenvalue weighted by Gasteiger charge is 2.42. The van der Waals surface area contributed by atoms with E-state index in [1.807, 2.05) is 6.07 Å². The SMILES string of the molecule is CC(C)(C)c1cc(-c2cccc3cccc(-c4ccccc4N(c4ccc5oc6ccccc6c5c4)c4cccc5c4-c4ccccc4C5(C)c4ccccc4)c23)cc(C(C)(C)C)c1. The van der Waals surface area contributed by atoms with Crippen LogP contribution < -0.4 is 4.90 Å². The molecule has 312 valence electrons. The molecule has 0 amide bonds. The monoisotopic (exact) mass is 827 g/mol. The third kappa shape index (κ3) is 6.30. The molecule has 0 bridgehead atoms. The van der Waals surface area contributed by atoms with Crippen LogP contribution in [0.15, 0.2) is 199 Å². The van der Waals surface area contributed by atoms with Gasteiger partial charge in [0.25, 0.3) is 0 Å². The summed E-state index contributed by atoms with van der Waals surface area (Å²) >= 11 is 0. The molecule has 1 aromatic heterocycles. The Morgan fingerprint density at radius 1 is 0.438 bits per heavy atom. The highest BCUT2D eigenvalue weighted by Crippen LogP contribution is 2.57. The quantitative estimate of drug-likeness (QED) is 0.166. The first-order valence-electron chi connectivity index (χ1n) is 22.7. The van der Waals surface area contributed by atoms with Gasteiger partial charge in [-0.05, 0) is 115 Å². The Kier molecular flexibility index (Phi) is 9.12. The first-order valence-corrected chi connectivity index (χ1v) is 22.7. The molecular weight excluding hydrogens is 775 g/mol. The van der Waals surface area contributed by atoms with Crippen LogP contribution in [0.3, 0.4) is 0 Å².